The van der Waals surface area contributed by atoms with Gasteiger partial charge in [0.2, 0.25) is 0 Å². The third-order valence-corrected chi connectivity index (χ3v) is 3.06. The first-order chi connectivity index (χ1) is 9.66. The first-order valence-corrected chi connectivity index (χ1v) is 6.51. The SMILES string of the molecule is NC(CCNC(=O)c1cccc(F)c1)c1ccccc1. The van der Waals surface area contributed by atoms with E-state index in [2.05, 4.69) is 5.32 Å². The lowest BCUT2D eigenvalue weighted by atomic mass is 10.1. The number of amides is 1. The van der Waals surface area contributed by atoms with E-state index in [1.54, 1.807) is 6.07 Å². The van der Waals surface area contributed by atoms with E-state index in [9.17, 15) is 9.18 Å². The summed E-state index contributed by atoms with van der Waals surface area (Å²) in [6.07, 6.45) is 0.630. The van der Waals surface area contributed by atoms with Gasteiger partial charge in [-0.25, -0.2) is 4.39 Å². The number of carbonyl (C=O) groups is 1. The highest BCUT2D eigenvalue weighted by Crippen LogP contribution is 2.12. The fourth-order valence-electron chi connectivity index (χ4n) is 1.94. The summed E-state index contributed by atoms with van der Waals surface area (Å²) >= 11 is 0. The Morgan fingerprint density at radius 3 is 2.60 bits per heavy atom. The summed E-state index contributed by atoms with van der Waals surface area (Å²) in [6, 6.07) is 15.2. The topological polar surface area (TPSA) is 55.1 Å². The van der Waals surface area contributed by atoms with Crippen molar-refractivity contribution < 1.29 is 9.18 Å². The third-order valence-electron chi connectivity index (χ3n) is 3.06. The Kier molecular flexibility index (Phi) is 4.85. The van der Waals surface area contributed by atoms with Crippen molar-refractivity contribution >= 4 is 5.91 Å². The van der Waals surface area contributed by atoms with Gasteiger partial charge >= 0.3 is 0 Å². The highest BCUT2D eigenvalue weighted by Gasteiger charge is 2.08. The second kappa shape index (κ2) is 6.82. The van der Waals surface area contributed by atoms with Crippen molar-refractivity contribution in [3.63, 3.8) is 0 Å². The molecular formula is C16H17FN2O. The van der Waals surface area contributed by atoms with Crippen LogP contribution in [0.4, 0.5) is 4.39 Å². The lowest BCUT2D eigenvalue weighted by Gasteiger charge is -2.12. The minimum atomic E-state index is -0.418. The summed E-state index contributed by atoms with van der Waals surface area (Å²) in [6.45, 7) is 0.450. The Bertz CT molecular complexity index is 572. The summed E-state index contributed by atoms with van der Waals surface area (Å²) < 4.78 is 13.0. The number of rotatable bonds is 5. The Balaban J connectivity index is 1.83. The van der Waals surface area contributed by atoms with Crippen molar-refractivity contribution in [3.05, 3.63) is 71.5 Å². The molecule has 0 aliphatic rings. The van der Waals surface area contributed by atoms with Gasteiger partial charge in [0.15, 0.2) is 0 Å². The van der Waals surface area contributed by atoms with Gasteiger partial charge in [0.25, 0.3) is 5.91 Å². The molecule has 0 spiro atoms. The van der Waals surface area contributed by atoms with Gasteiger partial charge in [-0.05, 0) is 30.2 Å². The van der Waals surface area contributed by atoms with Gasteiger partial charge < -0.3 is 11.1 Å². The van der Waals surface area contributed by atoms with Crippen LogP contribution in [0, 0.1) is 5.82 Å². The maximum atomic E-state index is 13.0. The normalized spacial score (nSPS) is 11.9. The van der Waals surface area contributed by atoms with Crippen LogP contribution in [-0.4, -0.2) is 12.5 Å². The first kappa shape index (κ1) is 14.2. The van der Waals surface area contributed by atoms with Crippen LogP contribution in [0.2, 0.25) is 0 Å². The van der Waals surface area contributed by atoms with E-state index >= 15 is 0 Å². The highest BCUT2D eigenvalue weighted by molar-refractivity contribution is 5.94. The molecule has 1 unspecified atom stereocenters. The Morgan fingerprint density at radius 2 is 1.90 bits per heavy atom. The summed E-state index contributed by atoms with van der Waals surface area (Å²) in [5.41, 5.74) is 7.39. The highest BCUT2D eigenvalue weighted by atomic mass is 19.1. The fourth-order valence-corrected chi connectivity index (χ4v) is 1.94. The van der Waals surface area contributed by atoms with Crippen LogP contribution >= 0.6 is 0 Å². The van der Waals surface area contributed by atoms with Gasteiger partial charge in [-0.1, -0.05) is 36.4 Å². The van der Waals surface area contributed by atoms with Crippen LogP contribution in [0.25, 0.3) is 0 Å². The number of hydrogen-bond acceptors (Lipinski definition) is 2. The average Bonchev–Trinajstić information content (AvgIpc) is 2.48. The van der Waals surface area contributed by atoms with Crippen molar-refractivity contribution in [2.75, 3.05) is 6.54 Å². The second-order valence-electron chi connectivity index (χ2n) is 4.57. The van der Waals surface area contributed by atoms with Gasteiger partial charge in [-0.3, -0.25) is 4.79 Å². The van der Waals surface area contributed by atoms with E-state index in [1.807, 2.05) is 30.3 Å². The maximum Gasteiger partial charge on any atom is 0.251 e. The molecule has 0 aromatic heterocycles. The van der Waals surface area contributed by atoms with E-state index in [1.165, 1.54) is 18.2 Å². The molecule has 2 aromatic carbocycles. The van der Waals surface area contributed by atoms with Crippen LogP contribution in [0.3, 0.4) is 0 Å². The number of nitrogens with two attached hydrogens (primary N) is 1. The molecule has 2 aromatic rings. The van der Waals surface area contributed by atoms with Crippen LogP contribution in [0.5, 0.6) is 0 Å². The third kappa shape index (κ3) is 3.90. The maximum absolute atomic E-state index is 13.0. The van der Waals surface area contributed by atoms with Crippen molar-refractivity contribution in [1.29, 1.82) is 0 Å². The van der Waals surface area contributed by atoms with E-state index in [0.29, 0.717) is 18.5 Å². The molecule has 0 saturated carbocycles. The van der Waals surface area contributed by atoms with Gasteiger partial charge in [-0.15, -0.1) is 0 Å². The molecule has 104 valence electrons. The molecule has 3 nitrogen and oxygen atoms in total. The van der Waals surface area contributed by atoms with Gasteiger partial charge in [-0.2, -0.15) is 0 Å². The van der Waals surface area contributed by atoms with E-state index in [4.69, 9.17) is 5.73 Å². The Hall–Kier alpha value is -2.20. The number of halogens is 1. The fraction of sp³-hybridized carbons (Fsp3) is 0.188. The molecule has 2 rings (SSSR count). The average molecular weight is 272 g/mol. The molecule has 1 amide bonds. The van der Waals surface area contributed by atoms with Crippen molar-refractivity contribution in [2.45, 2.75) is 12.5 Å². The minimum Gasteiger partial charge on any atom is -0.352 e. The summed E-state index contributed by atoms with van der Waals surface area (Å²) in [7, 11) is 0. The molecule has 0 saturated heterocycles. The van der Waals surface area contributed by atoms with Crippen LogP contribution in [0.1, 0.15) is 28.4 Å². The molecule has 0 aliphatic carbocycles. The molecular weight excluding hydrogens is 255 g/mol. The van der Waals surface area contributed by atoms with Gasteiger partial charge in [0.1, 0.15) is 5.82 Å². The summed E-state index contributed by atoms with van der Waals surface area (Å²) in [4.78, 5) is 11.8. The van der Waals surface area contributed by atoms with Gasteiger partial charge in [0, 0.05) is 18.2 Å². The van der Waals surface area contributed by atoms with Crippen molar-refractivity contribution in [2.24, 2.45) is 5.73 Å². The Morgan fingerprint density at radius 1 is 1.15 bits per heavy atom. The van der Waals surface area contributed by atoms with E-state index < -0.39 is 5.82 Å². The lowest BCUT2D eigenvalue weighted by Crippen LogP contribution is -2.27. The predicted molar refractivity (Wildman–Crippen MR) is 76.7 cm³/mol. The quantitative estimate of drug-likeness (QED) is 0.879. The molecule has 0 aliphatic heterocycles. The second-order valence-corrected chi connectivity index (χ2v) is 4.57. The number of carbonyl (C=O) groups excluding carboxylic acids is 1. The van der Waals surface area contributed by atoms with Gasteiger partial charge in [0.05, 0.1) is 0 Å². The minimum absolute atomic E-state index is 0.121. The zero-order valence-corrected chi connectivity index (χ0v) is 11.1. The standard InChI is InChI=1S/C16H17FN2O/c17-14-8-4-7-13(11-14)16(20)19-10-9-15(18)12-5-2-1-3-6-12/h1-8,11,15H,9-10,18H2,(H,19,20). The molecule has 0 bridgehead atoms. The molecule has 0 heterocycles. The van der Waals surface area contributed by atoms with Crippen LogP contribution < -0.4 is 11.1 Å². The number of hydrogen-bond donors (Lipinski definition) is 2. The zero-order chi connectivity index (χ0) is 14.4. The van der Waals surface area contributed by atoms with Crippen LogP contribution in [0.15, 0.2) is 54.6 Å². The lowest BCUT2D eigenvalue weighted by molar-refractivity contribution is 0.0952. The molecule has 0 fully saturated rings. The molecule has 0 radical (unpaired) electrons. The summed E-state index contributed by atoms with van der Waals surface area (Å²) in [5.74, 6) is -0.705. The summed E-state index contributed by atoms with van der Waals surface area (Å²) in [5, 5.41) is 2.74. The smallest absolute Gasteiger partial charge is 0.251 e. The molecule has 3 N–H and O–H groups in total. The number of nitrogens with one attached hydrogen (secondary N) is 1. The van der Waals surface area contributed by atoms with E-state index in [-0.39, 0.29) is 11.9 Å². The molecule has 4 heteroatoms. The molecule has 1 atom stereocenters. The monoisotopic (exact) mass is 272 g/mol. The first-order valence-electron chi connectivity index (χ1n) is 6.51. The number of benzene rings is 2. The van der Waals surface area contributed by atoms with Crippen molar-refractivity contribution in [1.82, 2.24) is 5.32 Å². The zero-order valence-electron chi connectivity index (χ0n) is 11.1. The largest absolute Gasteiger partial charge is 0.352 e. The van der Waals surface area contributed by atoms with E-state index in [0.717, 1.165) is 5.56 Å². The molecule has 20 heavy (non-hydrogen) atoms. The van der Waals surface area contributed by atoms with Crippen LogP contribution in [-0.2, 0) is 0 Å². The predicted octanol–water partition coefficient (Wildman–Crippen LogP) is 2.65. The Labute approximate surface area is 117 Å². The van der Waals surface area contributed by atoms with Crippen molar-refractivity contribution in [3.8, 4) is 0 Å².